The van der Waals surface area contributed by atoms with Crippen molar-refractivity contribution < 1.29 is 10.0 Å². The molecule has 0 bridgehead atoms. The Morgan fingerprint density at radius 2 is 1.00 bits per heavy atom. The Bertz CT molecular complexity index is 448. The Labute approximate surface area is 168 Å². The number of aryl methyl sites for hydroxylation is 1. The van der Waals surface area contributed by atoms with Gasteiger partial charge >= 0.3 is 7.12 Å². The minimum atomic E-state index is -1.35. The highest BCUT2D eigenvalue weighted by molar-refractivity contribution is 6.59. The third-order valence-corrected chi connectivity index (χ3v) is 5.63. The molecule has 0 aromatic heterocycles. The van der Waals surface area contributed by atoms with Gasteiger partial charge in [0.15, 0.2) is 0 Å². The molecule has 0 radical (unpaired) electrons. The minimum absolute atomic E-state index is 0.665. The van der Waals surface area contributed by atoms with E-state index in [1.165, 1.54) is 96.3 Å². The molecular formula is C24H43BO2. The second kappa shape index (κ2) is 17.3. The summed E-state index contributed by atoms with van der Waals surface area (Å²) in [6.07, 6.45) is 23.0. The lowest BCUT2D eigenvalue weighted by molar-refractivity contribution is 0.425. The molecule has 1 aromatic rings. The summed E-state index contributed by atoms with van der Waals surface area (Å²) in [6.45, 7) is 2.28. The lowest BCUT2D eigenvalue weighted by Gasteiger charge is -2.08. The predicted octanol–water partition coefficient (Wildman–Crippen LogP) is 6.17. The van der Waals surface area contributed by atoms with Crippen molar-refractivity contribution >= 4 is 12.6 Å². The second-order valence-corrected chi connectivity index (χ2v) is 8.13. The van der Waals surface area contributed by atoms with Crippen LogP contribution in [-0.4, -0.2) is 17.2 Å². The van der Waals surface area contributed by atoms with Crippen molar-refractivity contribution in [3.63, 3.8) is 0 Å². The Kier molecular flexibility index (Phi) is 15.5. The van der Waals surface area contributed by atoms with Crippen molar-refractivity contribution in [2.75, 3.05) is 0 Å². The van der Waals surface area contributed by atoms with E-state index in [4.69, 9.17) is 0 Å². The first-order chi connectivity index (χ1) is 13.3. The van der Waals surface area contributed by atoms with Gasteiger partial charge in [-0.05, 0) is 23.9 Å². The molecule has 0 aliphatic rings. The number of benzene rings is 1. The van der Waals surface area contributed by atoms with Gasteiger partial charge in [-0.1, -0.05) is 128 Å². The maximum Gasteiger partial charge on any atom is 0.488 e. The quantitative estimate of drug-likeness (QED) is 0.238. The van der Waals surface area contributed by atoms with Crippen LogP contribution in [0.4, 0.5) is 0 Å². The highest BCUT2D eigenvalue weighted by atomic mass is 16.4. The first-order valence-electron chi connectivity index (χ1n) is 11.7. The zero-order valence-electron chi connectivity index (χ0n) is 17.8. The molecule has 0 saturated heterocycles. The molecule has 1 aromatic carbocycles. The van der Waals surface area contributed by atoms with Gasteiger partial charge in [-0.15, -0.1) is 0 Å². The van der Waals surface area contributed by atoms with Gasteiger partial charge in [0.1, 0.15) is 0 Å². The summed E-state index contributed by atoms with van der Waals surface area (Å²) in [7, 11) is -1.35. The van der Waals surface area contributed by atoms with Crippen molar-refractivity contribution in [1.82, 2.24) is 0 Å². The van der Waals surface area contributed by atoms with Crippen LogP contribution in [0.15, 0.2) is 24.3 Å². The molecule has 2 nitrogen and oxygen atoms in total. The second-order valence-electron chi connectivity index (χ2n) is 8.13. The van der Waals surface area contributed by atoms with Crippen LogP contribution >= 0.6 is 0 Å². The Balaban J connectivity index is 1.85. The van der Waals surface area contributed by atoms with E-state index in [2.05, 4.69) is 6.92 Å². The fraction of sp³-hybridized carbons (Fsp3) is 0.750. The normalized spacial score (nSPS) is 11.1. The van der Waals surface area contributed by atoms with Gasteiger partial charge in [0.25, 0.3) is 0 Å². The van der Waals surface area contributed by atoms with E-state index in [0.29, 0.717) is 5.46 Å². The van der Waals surface area contributed by atoms with Gasteiger partial charge in [0.05, 0.1) is 0 Å². The van der Waals surface area contributed by atoms with E-state index in [1.54, 1.807) is 0 Å². The largest absolute Gasteiger partial charge is 0.488 e. The average Bonchev–Trinajstić information content (AvgIpc) is 2.68. The van der Waals surface area contributed by atoms with E-state index in [9.17, 15) is 10.0 Å². The Morgan fingerprint density at radius 1 is 0.593 bits per heavy atom. The summed E-state index contributed by atoms with van der Waals surface area (Å²) >= 11 is 0. The molecule has 1 rings (SSSR count). The third-order valence-electron chi connectivity index (χ3n) is 5.63. The zero-order chi connectivity index (χ0) is 19.6. The standard InChI is InChI=1S/C24H43BO2/c1-2-3-4-5-6-7-8-9-10-11-12-13-14-15-16-17-20-23-21-18-19-22-24(23)25(26)27/h18-19,21-22,26-27H,2-17,20H2,1H3. The summed E-state index contributed by atoms with van der Waals surface area (Å²) in [5.41, 5.74) is 1.75. The van der Waals surface area contributed by atoms with Crippen molar-refractivity contribution in [2.24, 2.45) is 0 Å². The maximum absolute atomic E-state index is 9.40. The van der Waals surface area contributed by atoms with Crippen LogP contribution < -0.4 is 5.46 Å². The number of rotatable bonds is 18. The summed E-state index contributed by atoms with van der Waals surface area (Å²) in [4.78, 5) is 0. The predicted molar refractivity (Wildman–Crippen MR) is 120 cm³/mol. The molecule has 0 fully saturated rings. The highest BCUT2D eigenvalue weighted by Gasteiger charge is 2.14. The smallest absolute Gasteiger partial charge is 0.423 e. The zero-order valence-corrected chi connectivity index (χ0v) is 17.8. The van der Waals surface area contributed by atoms with Gasteiger partial charge in [0.2, 0.25) is 0 Å². The molecule has 2 N–H and O–H groups in total. The minimum Gasteiger partial charge on any atom is -0.423 e. The van der Waals surface area contributed by atoms with E-state index >= 15 is 0 Å². The summed E-state index contributed by atoms with van der Waals surface area (Å²) in [5.74, 6) is 0. The van der Waals surface area contributed by atoms with Crippen LogP contribution in [0.1, 0.15) is 115 Å². The van der Waals surface area contributed by atoms with Gasteiger partial charge in [-0.25, -0.2) is 0 Å². The van der Waals surface area contributed by atoms with Crippen LogP contribution in [0.3, 0.4) is 0 Å². The van der Waals surface area contributed by atoms with Gasteiger partial charge in [0, 0.05) is 0 Å². The van der Waals surface area contributed by atoms with Gasteiger partial charge < -0.3 is 10.0 Å². The van der Waals surface area contributed by atoms with Crippen LogP contribution in [0.5, 0.6) is 0 Å². The Morgan fingerprint density at radius 3 is 1.44 bits per heavy atom. The molecule has 0 spiro atoms. The fourth-order valence-electron chi connectivity index (χ4n) is 3.88. The molecule has 3 heteroatoms. The molecule has 0 saturated carbocycles. The number of hydrogen-bond acceptors (Lipinski definition) is 2. The van der Waals surface area contributed by atoms with Crippen LogP contribution in [0.2, 0.25) is 0 Å². The van der Waals surface area contributed by atoms with Crippen molar-refractivity contribution in [3.05, 3.63) is 29.8 Å². The van der Waals surface area contributed by atoms with E-state index in [1.807, 2.05) is 24.3 Å². The van der Waals surface area contributed by atoms with Crippen LogP contribution in [0.25, 0.3) is 0 Å². The van der Waals surface area contributed by atoms with Crippen molar-refractivity contribution in [2.45, 2.75) is 116 Å². The average molecular weight is 374 g/mol. The first kappa shape index (κ1) is 24.2. The molecule has 0 heterocycles. The van der Waals surface area contributed by atoms with Crippen molar-refractivity contribution in [3.8, 4) is 0 Å². The lowest BCUT2D eigenvalue weighted by atomic mass is 9.76. The molecule has 0 atom stereocenters. The molecule has 27 heavy (non-hydrogen) atoms. The van der Waals surface area contributed by atoms with E-state index in [-0.39, 0.29) is 0 Å². The monoisotopic (exact) mass is 374 g/mol. The maximum atomic E-state index is 9.40. The highest BCUT2D eigenvalue weighted by Crippen LogP contribution is 2.14. The van der Waals surface area contributed by atoms with E-state index < -0.39 is 7.12 Å². The SMILES string of the molecule is CCCCCCCCCCCCCCCCCCc1ccccc1B(O)O. The third kappa shape index (κ3) is 13.1. The topological polar surface area (TPSA) is 40.5 Å². The van der Waals surface area contributed by atoms with Crippen LogP contribution in [-0.2, 0) is 6.42 Å². The summed E-state index contributed by atoms with van der Waals surface area (Å²) in [6, 6.07) is 7.67. The number of unbranched alkanes of at least 4 members (excludes halogenated alkanes) is 15. The Hall–Kier alpha value is -0.795. The molecule has 0 unspecified atom stereocenters. The summed E-state index contributed by atoms with van der Waals surface area (Å²) < 4.78 is 0. The van der Waals surface area contributed by atoms with E-state index in [0.717, 1.165) is 18.4 Å². The molecular weight excluding hydrogens is 331 g/mol. The van der Waals surface area contributed by atoms with Crippen LogP contribution in [0, 0.1) is 0 Å². The molecule has 0 aliphatic heterocycles. The summed E-state index contributed by atoms with van der Waals surface area (Å²) in [5, 5.41) is 18.8. The van der Waals surface area contributed by atoms with Crippen molar-refractivity contribution in [1.29, 1.82) is 0 Å². The molecule has 0 aliphatic carbocycles. The lowest BCUT2D eigenvalue weighted by Crippen LogP contribution is -2.32. The first-order valence-corrected chi connectivity index (χ1v) is 11.7. The number of hydrogen-bond donors (Lipinski definition) is 2. The van der Waals surface area contributed by atoms with Gasteiger partial charge in [-0.3, -0.25) is 0 Å². The fourth-order valence-corrected chi connectivity index (χ4v) is 3.88. The molecule has 0 amide bonds. The van der Waals surface area contributed by atoms with Gasteiger partial charge in [-0.2, -0.15) is 0 Å². The molecule has 154 valence electrons.